The molecule has 1 N–H and O–H groups in total. The van der Waals surface area contributed by atoms with Gasteiger partial charge in [0.05, 0.1) is 5.75 Å². The van der Waals surface area contributed by atoms with Crippen LogP contribution in [0.4, 0.5) is 0 Å². The molecule has 0 amide bonds. The third-order valence-electron chi connectivity index (χ3n) is 2.98. The Labute approximate surface area is 122 Å². The summed E-state index contributed by atoms with van der Waals surface area (Å²) in [5.41, 5.74) is -0.187. The van der Waals surface area contributed by atoms with E-state index in [1.165, 1.54) is 23.4 Å². The minimum absolute atomic E-state index is 0.298. The van der Waals surface area contributed by atoms with Crippen LogP contribution in [0, 0.1) is 6.92 Å². The number of H-pyrrole nitrogens is 1. The van der Waals surface area contributed by atoms with E-state index in [1.54, 1.807) is 14.0 Å². The number of aromatic amines is 1. The fraction of sp³-hybridized carbons (Fsp3) is 0.364. The van der Waals surface area contributed by atoms with Gasteiger partial charge in [0, 0.05) is 21.0 Å². The maximum Gasteiger partial charge on any atom is 0.332 e. The number of hydrogen-bond donors (Lipinski definition) is 1. The quantitative estimate of drug-likeness (QED) is 0.675. The summed E-state index contributed by atoms with van der Waals surface area (Å²) in [6.45, 7) is 1.71. The Kier molecular flexibility index (Phi) is 3.16. The normalized spacial score (nSPS) is 11.4. The van der Waals surface area contributed by atoms with Crippen molar-refractivity contribution in [1.29, 1.82) is 0 Å². The van der Waals surface area contributed by atoms with Crippen LogP contribution in [-0.2, 0) is 19.8 Å². The van der Waals surface area contributed by atoms with Crippen LogP contribution in [0.2, 0.25) is 0 Å². The molecule has 3 heterocycles. The van der Waals surface area contributed by atoms with Gasteiger partial charge >= 0.3 is 5.69 Å². The lowest BCUT2D eigenvalue weighted by atomic mass is 10.5. The van der Waals surface area contributed by atoms with Crippen LogP contribution in [0.1, 0.15) is 11.7 Å². The summed E-state index contributed by atoms with van der Waals surface area (Å²) in [4.78, 5) is 35.1. The molecule has 0 unspecified atom stereocenters. The van der Waals surface area contributed by atoms with Gasteiger partial charge in [0.25, 0.3) is 5.56 Å². The third-order valence-corrected chi connectivity index (χ3v) is 3.85. The van der Waals surface area contributed by atoms with E-state index in [0.29, 0.717) is 33.8 Å². The molecule has 0 aliphatic rings. The highest BCUT2D eigenvalue weighted by Crippen LogP contribution is 2.20. The van der Waals surface area contributed by atoms with E-state index in [2.05, 4.69) is 20.1 Å². The molecule has 0 aliphatic heterocycles. The summed E-state index contributed by atoms with van der Waals surface area (Å²) in [6, 6.07) is 0. The predicted molar refractivity (Wildman–Crippen MR) is 75.2 cm³/mol. The van der Waals surface area contributed by atoms with Crippen LogP contribution in [0.3, 0.4) is 0 Å². The topological polar surface area (TPSA) is 112 Å². The Bertz CT molecular complexity index is 934. The summed E-state index contributed by atoms with van der Waals surface area (Å²) >= 11 is 1.33. The van der Waals surface area contributed by atoms with Crippen molar-refractivity contribution in [1.82, 2.24) is 29.2 Å². The highest BCUT2D eigenvalue weighted by Gasteiger charge is 2.14. The van der Waals surface area contributed by atoms with Gasteiger partial charge < -0.3 is 9.51 Å². The molecule has 0 aromatic carbocycles. The number of aryl methyl sites for hydroxylation is 2. The number of nitrogens with zero attached hydrogens (tertiary/aromatic N) is 5. The molecule has 0 fully saturated rings. The first-order chi connectivity index (χ1) is 9.97. The maximum absolute atomic E-state index is 12.0. The fourth-order valence-electron chi connectivity index (χ4n) is 1.91. The molecule has 0 aliphatic carbocycles. The molecular weight excluding hydrogens is 296 g/mol. The molecule has 10 heteroatoms. The monoisotopic (exact) mass is 308 g/mol. The second-order valence-corrected chi connectivity index (χ2v) is 5.43. The summed E-state index contributed by atoms with van der Waals surface area (Å²) in [7, 11) is 3.00. The zero-order valence-electron chi connectivity index (χ0n) is 11.6. The van der Waals surface area contributed by atoms with Gasteiger partial charge in [-0.2, -0.15) is 4.98 Å². The van der Waals surface area contributed by atoms with Gasteiger partial charge in [-0.15, -0.1) is 0 Å². The molecule has 0 bridgehead atoms. The Hall–Kier alpha value is -2.36. The van der Waals surface area contributed by atoms with Crippen LogP contribution >= 0.6 is 11.8 Å². The zero-order chi connectivity index (χ0) is 15.1. The average Bonchev–Trinajstić information content (AvgIpc) is 3.07. The largest absolute Gasteiger partial charge is 0.340 e. The molecule has 9 nitrogen and oxygen atoms in total. The maximum atomic E-state index is 12.0. The standard InChI is InChI=1S/C11H12N6O3S/c1-5-12-6(15-20-5)4-21-10-13-7-8(14-10)16(2)11(19)17(3)9(7)18/h4H2,1-3H3,(H,13,14). The number of aromatic nitrogens is 6. The molecule has 0 saturated carbocycles. The molecule has 0 radical (unpaired) electrons. The van der Waals surface area contributed by atoms with Gasteiger partial charge in [0.2, 0.25) is 5.89 Å². The number of rotatable bonds is 3. The van der Waals surface area contributed by atoms with Gasteiger partial charge in [0.15, 0.2) is 22.1 Å². The summed E-state index contributed by atoms with van der Waals surface area (Å²) in [6.07, 6.45) is 0. The molecule has 0 saturated heterocycles. The smallest absolute Gasteiger partial charge is 0.332 e. The molecule has 0 spiro atoms. The molecule has 3 rings (SSSR count). The van der Waals surface area contributed by atoms with Crippen molar-refractivity contribution in [2.75, 3.05) is 0 Å². The van der Waals surface area contributed by atoms with Gasteiger partial charge in [-0.3, -0.25) is 13.9 Å². The Balaban J connectivity index is 1.98. The Morgan fingerprint density at radius 2 is 2.00 bits per heavy atom. The second kappa shape index (κ2) is 4.88. The first kappa shape index (κ1) is 13.6. The van der Waals surface area contributed by atoms with Crippen molar-refractivity contribution in [3.05, 3.63) is 32.6 Å². The van der Waals surface area contributed by atoms with Gasteiger partial charge in [-0.05, 0) is 0 Å². The third kappa shape index (κ3) is 2.27. The van der Waals surface area contributed by atoms with E-state index in [1.807, 2.05) is 0 Å². The van der Waals surface area contributed by atoms with Crippen LogP contribution < -0.4 is 11.2 Å². The first-order valence-corrected chi connectivity index (χ1v) is 7.03. The molecular formula is C11H12N6O3S. The van der Waals surface area contributed by atoms with Crippen molar-refractivity contribution in [2.24, 2.45) is 14.1 Å². The highest BCUT2D eigenvalue weighted by molar-refractivity contribution is 7.98. The summed E-state index contributed by atoms with van der Waals surface area (Å²) in [5.74, 6) is 1.48. The lowest BCUT2D eigenvalue weighted by Gasteiger charge is -2.00. The van der Waals surface area contributed by atoms with Crippen LogP contribution in [0.5, 0.6) is 0 Å². The number of imidazole rings is 1. The van der Waals surface area contributed by atoms with E-state index in [-0.39, 0.29) is 0 Å². The van der Waals surface area contributed by atoms with Crippen molar-refractivity contribution in [2.45, 2.75) is 17.8 Å². The van der Waals surface area contributed by atoms with Crippen molar-refractivity contribution in [3.63, 3.8) is 0 Å². The number of hydrogen-bond acceptors (Lipinski definition) is 7. The van der Waals surface area contributed by atoms with E-state index < -0.39 is 11.2 Å². The SMILES string of the molecule is Cc1nc(CSc2nc3c([nH]2)c(=O)n(C)c(=O)n3C)no1. The Morgan fingerprint density at radius 1 is 1.24 bits per heavy atom. The second-order valence-electron chi connectivity index (χ2n) is 4.46. The number of nitrogens with one attached hydrogen (secondary N) is 1. The minimum Gasteiger partial charge on any atom is -0.340 e. The fourth-order valence-corrected chi connectivity index (χ4v) is 2.61. The van der Waals surface area contributed by atoms with Gasteiger partial charge in [-0.1, -0.05) is 16.9 Å². The predicted octanol–water partition coefficient (Wildman–Crippen LogP) is -0.0560. The van der Waals surface area contributed by atoms with E-state index in [0.717, 1.165) is 4.57 Å². The molecule has 3 aromatic heterocycles. The first-order valence-electron chi connectivity index (χ1n) is 6.05. The highest BCUT2D eigenvalue weighted by atomic mass is 32.2. The van der Waals surface area contributed by atoms with Gasteiger partial charge in [-0.25, -0.2) is 9.78 Å². The van der Waals surface area contributed by atoms with Gasteiger partial charge in [0.1, 0.15) is 0 Å². The molecule has 110 valence electrons. The van der Waals surface area contributed by atoms with Crippen molar-refractivity contribution in [3.8, 4) is 0 Å². The van der Waals surface area contributed by atoms with E-state index >= 15 is 0 Å². The number of thioether (sulfide) groups is 1. The van der Waals surface area contributed by atoms with Crippen LogP contribution in [-0.4, -0.2) is 29.2 Å². The van der Waals surface area contributed by atoms with Crippen LogP contribution in [0.25, 0.3) is 11.2 Å². The van der Waals surface area contributed by atoms with E-state index in [9.17, 15) is 9.59 Å². The van der Waals surface area contributed by atoms with Crippen molar-refractivity contribution >= 4 is 22.9 Å². The Morgan fingerprint density at radius 3 is 2.67 bits per heavy atom. The molecule has 0 atom stereocenters. The lowest BCUT2D eigenvalue weighted by molar-refractivity contribution is 0.389. The summed E-state index contributed by atoms with van der Waals surface area (Å²) < 4.78 is 7.25. The zero-order valence-corrected chi connectivity index (χ0v) is 12.4. The van der Waals surface area contributed by atoms with Crippen molar-refractivity contribution < 1.29 is 4.52 Å². The van der Waals surface area contributed by atoms with E-state index in [4.69, 9.17) is 4.52 Å². The summed E-state index contributed by atoms with van der Waals surface area (Å²) in [5, 5.41) is 4.30. The minimum atomic E-state index is -0.413. The molecule has 21 heavy (non-hydrogen) atoms. The average molecular weight is 308 g/mol. The lowest BCUT2D eigenvalue weighted by Crippen LogP contribution is -2.36. The molecule has 3 aromatic rings. The number of fused-ring (bicyclic) bond motifs is 1. The van der Waals surface area contributed by atoms with Crippen LogP contribution in [0.15, 0.2) is 19.3 Å².